The number of anilines is 1. The van der Waals surface area contributed by atoms with Crippen LogP contribution in [-0.4, -0.2) is 68.2 Å². The third kappa shape index (κ3) is 5.05. The molecule has 0 unspecified atom stereocenters. The smallest absolute Gasteiger partial charge is 0.238 e. The minimum atomic E-state index is -0.347. The highest BCUT2D eigenvalue weighted by molar-refractivity contribution is 5.94. The van der Waals surface area contributed by atoms with Crippen LogP contribution in [0.4, 0.5) is 10.1 Å². The van der Waals surface area contributed by atoms with Gasteiger partial charge in [0.05, 0.1) is 25.8 Å². The molecule has 31 heavy (non-hydrogen) atoms. The van der Waals surface area contributed by atoms with Crippen molar-refractivity contribution in [2.45, 2.75) is 6.42 Å². The molecule has 2 heterocycles. The van der Waals surface area contributed by atoms with Gasteiger partial charge in [-0.3, -0.25) is 14.5 Å². The normalized spacial score (nSPS) is 15.6. The van der Waals surface area contributed by atoms with Gasteiger partial charge in [-0.1, -0.05) is 12.1 Å². The van der Waals surface area contributed by atoms with Crippen molar-refractivity contribution in [1.29, 1.82) is 0 Å². The summed E-state index contributed by atoms with van der Waals surface area (Å²) in [6.45, 7) is 2.55. The summed E-state index contributed by atoms with van der Waals surface area (Å²) < 4.78 is 29.3. The molecule has 8 nitrogen and oxygen atoms in total. The lowest BCUT2D eigenvalue weighted by molar-refractivity contribution is -0.132. The van der Waals surface area contributed by atoms with Crippen molar-refractivity contribution < 1.29 is 28.2 Å². The van der Waals surface area contributed by atoms with Crippen molar-refractivity contribution in [3.8, 4) is 17.2 Å². The van der Waals surface area contributed by atoms with Crippen LogP contribution in [0.15, 0.2) is 36.4 Å². The molecule has 2 aliphatic heterocycles. The zero-order valence-electron chi connectivity index (χ0n) is 17.2. The van der Waals surface area contributed by atoms with Gasteiger partial charge in [0.1, 0.15) is 11.6 Å². The average Bonchev–Trinajstić information content (AvgIpc) is 3.21. The van der Waals surface area contributed by atoms with Gasteiger partial charge in [0.2, 0.25) is 18.6 Å². The number of halogens is 1. The maximum Gasteiger partial charge on any atom is 0.238 e. The Morgan fingerprint density at radius 1 is 1.10 bits per heavy atom. The molecule has 2 aliphatic rings. The number of piperazine rings is 1. The Morgan fingerprint density at radius 3 is 2.55 bits per heavy atom. The first kappa shape index (κ1) is 20.9. The van der Waals surface area contributed by atoms with Gasteiger partial charge in [-0.2, -0.15) is 0 Å². The van der Waals surface area contributed by atoms with Gasteiger partial charge in [0, 0.05) is 38.3 Å². The number of rotatable bonds is 6. The molecule has 0 bridgehead atoms. The molecule has 2 aromatic carbocycles. The third-order valence-electron chi connectivity index (χ3n) is 5.31. The molecule has 0 aromatic heterocycles. The van der Waals surface area contributed by atoms with Gasteiger partial charge < -0.3 is 24.4 Å². The van der Waals surface area contributed by atoms with E-state index >= 15 is 0 Å². The Balaban J connectivity index is 1.27. The van der Waals surface area contributed by atoms with E-state index in [0.717, 1.165) is 0 Å². The molecule has 4 rings (SSSR count). The SMILES string of the molecule is COc1cc2c(cc1NC(=O)CN1CCN(C(=O)Cc3cccc(F)c3)CC1)OCO2. The highest BCUT2D eigenvalue weighted by Gasteiger charge is 2.24. The molecule has 0 aliphatic carbocycles. The predicted octanol–water partition coefficient (Wildman–Crippen LogP) is 1.89. The van der Waals surface area contributed by atoms with Gasteiger partial charge in [0.15, 0.2) is 11.5 Å². The molecule has 1 saturated heterocycles. The van der Waals surface area contributed by atoms with Crippen molar-refractivity contribution in [1.82, 2.24) is 9.80 Å². The standard InChI is InChI=1S/C22H24FN3O5/c1-29-18-12-20-19(30-14-31-20)11-17(18)24-21(27)13-25-5-7-26(8-6-25)22(28)10-15-3-2-4-16(23)9-15/h2-4,9,11-12H,5-8,10,13-14H2,1H3,(H,24,27). The van der Waals surface area contributed by atoms with Gasteiger partial charge in [-0.25, -0.2) is 4.39 Å². The summed E-state index contributed by atoms with van der Waals surface area (Å²) in [5.41, 5.74) is 1.17. The third-order valence-corrected chi connectivity index (χ3v) is 5.31. The topological polar surface area (TPSA) is 80.3 Å². The number of methoxy groups -OCH3 is 1. The summed E-state index contributed by atoms with van der Waals surface area (Å²) in [7, 11) is 1.52. The molecule has 2 aromatic rings. The van der Waals surface area contributed by atoms with E-state index in [-0.39, 0.29) is 37.4 Å². The lowest BCUT2D eigenvalue weighted by Gasteiger charge is -2.34. The van der Waals surface area contributed by atoms with E-state index in [2.05, 4.69) is 5.32 Å². The second-order valence-electron chi connectivity index (χ2n) is 7.42. The number of carbonyl (C=O) groups is 2. The summed E-state index contributed by atoms with van der Waals surface area (Å²) in [6.07, 6.45) is 0.169. The van der Waals surface area contributed by atoms with E-state index in [0.29, 0.717) is 54.7 Å². The van der Waals surface area contributed by atoms with Crippen molar-refractivity contribution in [2.75, 3.05) is 51.9 Å². The summed E-state index contributed by atoms with van der Waals surface area (Å²) >= 11 is 0. The largest absolute Gasteiger partial charge is 0.494 e. The van der Waals surface area contributed by atoms with Crippen molar-refractivity contribution in [2.24, 2.45) is 0 Å². The second kappa shape index (κ2) is 9.22. The zero-order valence-corrected chi connectivity index (χ0v) is 17.2. The first-order valence-electron chi connectivity index (χ1n) is 10.0. The van der Waals surface area contributed by atoms with E-state index in [1.165, 1.54) is 19.2 Å². The maximum atomic E-state index is 13.3. The number of hydrogen-bond donors (Lipinski definition) is 1. The van der Waals surface area contributed by atoms with Crippen molar-refractivity contribution in [3.63, 3.8) is 0 Å². The Morgan fingerprint density at radius 2 is 1.84 bits per heavy atom. The molecule has 164 valence electrons. The molecular weight excluding hydrogens is 405 g/mol. The fourth-order valence-electron chi connectivity index (χ4n) is 3.67. The van der Waals surface area contributed by atoms with E-state index in [1.54, 1.807) is 29.2 Å². The molecule has 1 fully saturated rings. The quantitative estimate of drug-likeness (QED) is 0.756. The number of hydrogen-bond acceptors (Lipinski definition) is 6. The molecule has 1 N–H and O–H groups in total. The predicted molar refractivity (Wildman–Crippen MR) is 111 cm³/mol. The number of amides is 2. The average molecular weight is 429 g/mol. The zero-order chi connectivity index (χ0) is 21.8. The van der Waals surface area contributed by atoms with Crippen molar-refractivity contribution in [3.05, 3.63) is 47.8 Å². The molecule has 2 amide bonds. The number of nitrogens with one attached hydrogen (secondary N) is 1. The van der Waals surface area contributed by atoms with E-state index in [4.69, 9.17) is 14.2 Å². The van der Waals surface area contributed by atoms with Crippen LogP contribution in [0.2, 0.25) is 0 Å². The molecule has 0 spiro atoms. The Kier molecular flexibility index (Phi) is 6.22. The Bertz CT molecular complexity index is 976. The van der Waals surface area contributed by atoms with E-state index in [1.807, 2.05) is 4.90 Å². The molecule has 9 heteroatoms. The fraction of sp³-hybridized carbons (Fsp3) is 0.364. The lowest BCUT2D eigenvalue weighted by Crippen LogP contribution is -2.50. The number of nitrogens with zero attached hydrogens (tertiary/aromatic N) is 2. The number of fused-ring (bicyclic) bond motifs is 1. The lowest BCUT2D eigenvalue weighted by atomic mass is 10.1. The molecular formula is C22H24FN3O5. The summed E-state index contributed by atoms with van der Waals surface area (Å²) in [6, 6.07) is 9.44. The van der Waals surface area contributed by atoms with Crippen LogP contribution in [0.1, 0.15) is 5.56 Å². The first-order chi connectivity index (χ1) is 15.0. The number of carbonyl (C=O) groups excluding carboxylic acids is 2. The highest BCUT2D eigenvalue weighted by Crippen LogP contribution is 2.40. The van der Waals surface area contributed by atoms with E-state index < -0.39 is 0 Å². The van der Waals surface area contributed by atoms with Crippen LogP contribution in [-0.2, 0) is 16.0 Å². The minimum absolute atomic E-state index is 0.0419. The maximum absolute atomic E-state index is 13.3. The van der Waals surface area contributed by atoms with Crippen LogP contribution < -0.4 is 19.5 Å². The molecule has 0 atom stereocenters. The summed E-state index contributed by atoms with van der Waals surface area (Å²) in [5, 5.41) is 2.85. The van der Waals surface area contributed by atoms with Gasteiger partial charge >= 0.3 is 0 Å². The Hall–Kier alpha value is -3.33. The van der Waals surface area contributed by atoms with Crippen LogP contribution in [0.5, 0.6) is 17.2 Å². The number of benzene rings is 2. The summed E-state index contributed by atoms with van der Waals surface area (Å²) in [4.78, 5) is 28.8. The monoisotopic (exact) mass is 429 g/mol. The van der Waals surface area contributed by atoms with Crippen LogP contribution >= 0.6 is 0 Å². The van der Waals surface area contributed by atoms with E-state index in [9.17, 15) is 14.0 Å². The second-order valence-corrected chi connectivity index (χ2v) is 7.42. The molecule has 0 radical (unpaired) electrons. The minimum Gasteiger partial charge on any atom is -0.494 e. The van der Waals surface area contributed by atoms with Crippen molar-refractivity contribution >= 4 is 17.5 Å². The number of ether oxygens (including phenoxy) is 3. The van der Waals surface area contributed by atoms with Crippen LogP contribution in [0.3, 0.4) is 0 Å². The Labute approximate surface area is 179 Å². The van der Waals surface area contributed by atoms with Gasteiger partial charge in [0.25, 0.3) is 0 Å². The molecule has 0 saturated carbocycles. The highest BCUT2D eigenvalue weighted by atomic mass is 19.1. The van der Waals surface area contributed by atoms with Crippen LogP contribution in [0, 0.1) is 5.82 Å². The van der Waals surface area contributed by atoms with Crippen LogP contribution in [0.25, 0.3) is 0 Å². The summed E-state index contributed by atoms with van der Waals surface area (Å²) in [5.74, 6) is 1.05. The van der Waals surface area contributed by atoms with Gasteiger partial charge in [-0.15, -0.1) is 0 Å². The first-order valence-corrected chi connectivity index (χ1v) is 10.0. The fourth-order valence-corrected chi connectivity index (χ4v) is 3.67. The van der Waals surface area contributed by atoms with Gasteiger partial charge in [-0.05, 0) is 17.7 Å².